The second-order valence-electron chi connectivity index (χ2n) is 19.1. The van der Waals surface area contributed by atoms with E-state index in [1.165, 1.54) is 70.6 Å². The fraction of sp³-hybridized carbons (Fsp3) is 0.629. The van der Waals surface area contributed by atoms with Crippen LogP contribution in [0.4, 0.5) is 0 Å². The average molecular weight is 972 g/mol. The highest BCUT2D eigenvalue weighted by molar-refractivity contribution is 5.70. The van der Waals surface area contributed by atoms with Crippen LogP contribution in [0.1, 0.15) is 200 Å². The number of allylic oxidation sites excluding steroid dienone is 20. The molecule has 0 aromatic carbocycles. The van der Waals surface area contributed by atoms with E-state index in [9.17, 15) is 19.5 Å². The molecule has 0 fully saturated rings. The summed E-state index contributed by atoms with van der Waals surface area (Å²) in [4.78, 5) is 37.1. The van der Waals surface area contributed by atoms with E-state index in [1.54, 1.807) is 21.1 Å². The number of quaternary nitrogens is 1. The average Bonchev–Trinajstić information content (AvgIpc) is 3.33. The van der Waals surface area contributed by atoms with E-state index in [0.29, 0.717) is 12.8 Å². The highest BCUT2D eigenvalue weighted by Gasteiger charge is 2.25. The van der Waals surface area contributed by atoms with Crippen LogP contribution in [0, 0.1) is 0 Å². The van der Waals surface area contributed by atoms with Gasteiger partial charge in [-0.25, -0.2) is 0 Å². The number of hydrogen-bond acceptors (Lipinski definition) is 7. The number of unbranched alkanes of at least 4 members (excludes halogenated alkanes) is 14. The predicted octanol–water partition coefficient (Wildman–Crippen LogP) is 15.2. The number of ether oxygens (including phenoxy) is 3. The number of rotatable bonds is 48. The van der Waals surface area contributed by atoms with Gasteiger partial charge in [0.2, 0.25) is 0 Å². The summed E-state index contributed by atoms with van der Waals surface area (Å²) in [6, 6.07) is -0.743. The number of aliphatic carboxylic acids is 1. The first-order valence-electron chi connectivity index (χ1n) is 27.6. The van der Waals surface area contributed by atoms with Crippen molar-refractivity contribution < 1.29 is 38.2 Å². The number of likely N-dealkylation sites (N-methyl/N-ethyl adjacent to an activating group) is 1. The Hall–Kier alpha value is -4.27. The fourth-order valence-corrected chi connectivity index (χ4v) is 7.43. The normalized spacial score (nSPS) is 13.8. The van der Waals surface area contributed by atoms with Gasteiger partial charge in [0.25, 0.3) is 0 Å². The van der Waals surface area contributed by atoms with Crippen molar-refractivity contribution in [2.24, 2.45) is 0 Å². The molecule has 2 atom stereocenters. The molecule has 0 heterocycles. The Balaban J connectivity index is 4.32. The molecule has 8 nitrogen and oxygen atoms in total. The lowest BCUT2D eigenvalue weighted by Crippen LogP contribution is -2.55. The van der Waals surface area contributed by atoms with Crippen LogP contribution in [-0.2, 0) is 28.6 Å². The van der Waals surface area contributed by atoms with Gasteiger partial charge in [-0.15, -0.1) is 0 Å². The lowest BCUT2D eigenvalue weighted by atomic mass is 10.0. The SMILES string of the molecule is CC/C=C/C/C=C/C/C=C/C/C=C/C/C=C/C/C=C/C/C=C/CCCC(=O)OCC(COCCC(C(=O)[O-])[N+](C)(C)C)OC(=O)CCCCCCCCCCCCCCC/C=C/C/C=C/C/C=C/CC. The molecule has 0 bridgehead atoms. The molecule has 0 aliphatic heterocycles. The largest absolute Gasteiger partial charge is 0.544 e. The van der Waals surface area contributed by atoms with Crippen molar-refractivity contribution in [2.45, 2.75) is 212 Å². The van der Waals surface area contributed by atoms with E-state index in [-0.39, 0.29) is 49.1 Å². The molecule has 8 heteroatoms. The third-order valence-electron chi connectivity index (χ3n) is 11.6. The Morgan fingerprint density at radius 2 is 0.771 bits per heavy atom. The maximum atomic E-state index is 12.8. The van der Waals surface area contributed by atoms with E-state index < -0.39 is 18.1 Å². The Kier molecular flexibility index (Phi) is 48.0. The first-order valence-corrected chi connectivity index (χ1v) is 27.6. The predicted molar refractivity (Wildman–Crippen MR) is 295 cm³/mol. The number of hydrogen-bond donors (Lipinski definition) is 0. The molecule has 0 aromatic rings. The third-order valence-corrected chi connectivity index (χ3v) is 11.6. The number of carbonyl (C=O) groups excluding carboxylic acids is 3. The molecule has 0 amide bonds. The van der Waals surface area contributed by atoms with Crippen molar-refractivity contribution in [3.8, 4) is 0 Å². The van der Waals surface area contributed by atoms with Crippen molar-refractivity contribution in [1.29, 1.82) is 0 Å². The van der Waals surface area contributed by atoms with E-state index in [2.05, 4.69) is 135 Å². The highest BCUT2D eigenvalue weighted by Crippen LogP contribution is 2.15. The molecule has 0 spiro atoms. The highest BCUT2D eigenvalue weighted by atomic mass is 16.6. The summed E-state index contributed by atoms with van der Waals surface area (Å²) in [5, 5.41) is 11.7. The molecule has 0 saturated carbocycles. The standard InChI is InChI=1S/C62H101NO7/c1-6-8-10-12-14-16-18-20-22-24-26-28-30-32-34-36-38-40-42-44-46-48-50-52-60(64)69-57-58(56-68-55-54-59(62(66)67)63(3,4)5)70-61(65)53-51-49-47-45-43-41-39-37-35-33-31-29-27-25-23-21-19-17-15-13-11-9-7-2/h8-11,14-17,20-23,26,28,32,34,38,40,44,46,58-59H,6-7,12-13,18-19,24-25,27,29-31,33,35-37,39,41-43,45,47-57H2,1-5H3/b10-8+,11-9+,16-14+,17-15+,22-20+,23-21+,28-26+,34-32+,40-38+,46-44+. The van der Waals surface area contributed by atoms with Gasteiger partial charge in [-0.3, -0.25) is 9.59 Å². The van der Waals surface area contributed by atoms with E-state index in [1.807, 2.05) is 0 Å². The van der Waals surface area contributed by atoms with Crippen LogP contribution in [0.3, 0.4) is 0 Å². The zero-order chi connectivity index (χ0) is 51.3. The summed E-state index contributed by atoms with van der Waals surface area (Å²) in [5.41, 5.74) is 0. The van der Waals surface area contributed by atoms with Gasteiger partial charge in [-0.2, -0.15) is 0 Å². The molecule has 0 saturated heterocycles. The molecule has 0 radical (unpaired) electrons. The van der Waals surface area contributed by atoms with Gasteiger partial charge >= 0.3 is 11.9 Å². The molecular formula is C62H101NO7. The Morgan fingerprint density at radius 3 is 1.16 bits per heavy atom. The van der Waals surface area contributed by atoms with Gasteiger partial charge in [0, 0.05) is 19.3 Å². The van der Waals surface area contributed by atoms with E-state index in [4.69, 9.17) is 14.2 Å². The second-order valence-corrected chi connectivity index (χ2v) is 19.1. The van der Waals surface area contributed by atoms with Gasteiger partial charge in [-0.1, -0.05) is 206 Å². The van der Waals surface area contributed by atoms with Gasteiger partial charge < -0.3 is 28.6 Å². The minimum atomic E-state index is -1.14. The first kappa shape index (κ1) is 65.7. The number of carbonyl (C=O) groups is 3. The topological polar surface area (TPSA) is 102 Å². The van der Waals surface area contributed by atoms with Crippen molar-refractivity contribution in [3.63, 3.8) is 0 Å². The summed E-state index contributed by atoms with van der Waals surface area (Å²) >= 11 is 0. The Bertz CT molecular complexity index is 1550. The molecule has 2 unspecified atom stereocenters. The summed E-state index contributed by atoms with van der Waals surface area (Å²) < 4.78 is 17.2. The summed E-state index contributed by atoms with van der Waals surface area (Å²) in [6.45, 7) is 4.38. The van der Waals surface area contributed by atoms with Crippen molar-refractivity contribution >= 4 is 17.9 Å². The van der Waals surface area contributed by atoms with Gasteiger partial charge in [0.05, 0.1) is 40.3 Å². The second kappa shape index (κ2) is 51.1. The van der Waals surface area contributed by atoms with Crippen LogP contribution in [0.5, 0.6) is 0 Å². The molecule has 0 aliphatic carbocycles. The van der Waals surface area contributed by atoms with Crippen LogP contribution in [0.25, 0.3) is 0 Å². The Morgan fingerprint density at radius 1 is 0.429 bits per heavy atom. The zero-order valence-electron chi connectivity index (χ0n) is 45.1. The van der Waals surface area contributed by atoms with Gasteiger partial charge in [0.1, 0.15) is 12.6 Å². The number of carboxylic acid groups (broad SMARTS) is 1. The van der Waals surface area contributed by atoms with Crippen LogP contribution in [0.15, 0.2) is 122 Å². The Labute approximate surface area is 429 Å². The molecule has 0 aliphatic rings. The molecule has 396 valence electrons. The zero-order valence-corrected chi connectivity index (χ0v) is 45.1. The monoisotopic (exact) mass is 972 g/mol. The van der Waals surface area contributed by atoms with E-state index in [0.717, 1.165) is 89.9 Å². The van der Waals surface area contributed by atoms with Crippen LogP contribution < -0.4 is 5.11 Å². The summed E-state index contributed by atoms with van der Waals surface area (Å²) in [5.74, 6) is -1.82. The van der Waals surface area contributed by atoms with Gasteiger partial charge in [0.15, 0.2) is 6.10 Å². The lowest BCUT2D eigenvalue weighted by Gasteiger charge is -2.34. The maximum absolute atomic E-state index is 12.8. The van der Waals surface area contributed by atoms with Crippen LogP contribution in [-0.4, -0.2) is 75.5 Å². The number of carboxylic acids is 1. The van der Waals surface area contributed by atoms with Crippen LogP contribution in [0.2, 0.25) is 0 Å². The lowest BCUT2D eigenvalue weighted by molar-refractivity contribution is -0.889. The summed E-state index contributed by atoms with van der Waals surface area (Å²) in [7, 11) is 5.39. The van der Waals surface area contributed by atoms with Gasteiger partial charge in [-0.05, 0) is 96.3 Å². The fourth-order valence-electron chi connectivity index (χ4n) is 7.43. The van der Waals surface area contributed by atoms with E-state index >= 15 is 0 Å². The minimum Gasteiger partial charge on any atom is -0.544 e. The first-order chi connectivity index (χ1) is 34.1. The number of nitrogens with zero attached hydrogens (tertiary/aromatic N) is 1. The van der Waals surface area contributed by atoms with Crippen LogP contribution >= 0.6 is 0 Å². The third kappa shape index (κ3) is 48.7. The smallest absolute Gasteiger partial charge is 0.306 e. The van der Waals surface area contributed by atoms with Crippen molar-refractivity contribution in [2.75, 3.05) is 41.0 Å². The quantitative estimate of drug-likeness (QED) is 0.0259. The molecule has 0 N–H and O–H groups in total. The minimum absolute atomic E-state index is 0.0149. The summed E-state index contributed by atoms with van der Waals surface area (Å²) in [6.07, 6.45) is 72.4. The molecule has 0 rings (SSSR count). The molecule has 70 heavy (non-hydrogen) atoms. The maximum Gasteiger partial charge on any atom is 0.306 e. The molecule has 0 aromatic heterocycles. The van der Waals surface area contributed by atoms with Crippen molar-refractivity contribution in [3.05, 3.63) is 122 Å². The number of esters is 2. The molecular weight excluding hydrogens is 871 g/mol. The van der Waals surface area contributed by atoms with Crippen molar-refractivity contribution in [1.82, 2.24) is 0 Å².